The molecule has 0 spiro atoms. The van der Waals surface area contributed by atoms with E-state index in [1.165, 1.54) is 36.9 Å². The molecule has 0 saturated heterocycles. The van der Waals surface area contributed by atoms with Crippen molar-refractivity contribution in [1.82, 2.24) is 4.98 Å². The summed E-state index contributed by atoms with van der Waals surface area (Å²) in [5.41, 5.74) is 3.17. The summed E-state index contributed by atoms with van der Waals surface area (Å²) in [4.78, 5) is 4.66. The van der Waals surface area contributed by atoms with Gasteiger partial charge in [-0.3, -0.25) is 0 Å². The summed E-state index contributed by atoms with van der Waals surface area (Å²) in [7, 11) is 0. The van der Waals surface area contributed by atoms with Crippen LogP contribution in [-0.2, 0) is 12.8 Å². The highest BCUT2D eigenvalue weighted by molar-refractivity contribution is 5.55. The van der Waals surface area contributed by atoms with E-state index in [9.17, 15) is 5.26 Å². The number of nitrogens with zero attached hydrogens (tertiary/aromatic N) is 2. The molecule has 1 unspecified atom stereocenters. The number of anilines is 1. The van der Waals surface area contributed by atoms with Gasteiger partial charge in [0.05, 0.1) is 5.56 Å². The molecule has 1 aromatic rings. The molecule has 1 aromatic heterocycles. The van der Waals surface area contributed by atoms with Gasteiger partial charge >= 0.3 is 0 Å². The second kappa shape index (κ2) is 4.61. The number of fused-ring (bicyclic) bond motifs is 1. The molecule has 0 aromatic carbocycles. The lowest BCUT2D eigenvalue weighted by molar-refractivity contribution is 0.639. The molecule has 3 nitrogen and oxygen atoms in total. The third-order valence-corrected chi connectivity index (χ3v) is 3.94. The predicted molar refractivity (Wildman–Crippen MR) is 71.4 cm³/mol. The molecule has 3 heteroatoms. The van der Waals surface area contributed by atoms with Crippen LogP contribution in [0.25, 0.3) is 0 Å². The second-order valence-electron chi connectivity index (χ2n) is 5.68. The highest BCUT2D eigenvalue weighted by Gasteiger charge is 2.24. The van der Waals surface area contributed by atoms with Crippen LogP contribution >= 0.6 is 0 Å². The summed E-state index contributed by atoms with van der Waals surface area (Å²) in [5, 5.41) is 12.7. The van der Waals surface area contributed by atoms with Gasteiger partial charge < -0.3 is 5.32 Å². The molecule has 1 fully saturated rings. The first kappa shape index (κ1) is 11.5. The first-order chi connectivity index (χ1) is 8.76. The van der Waals surface area contributed by atoms with Crippen molar-refractivity contribution in [3.8, 4) is 6.07 Å². The van der Waals surface area contributed by atoms with Crippen LogP contribution in [0.15, 0.2) is 6.07 Å². The summed E-state index contributed by atoms with van der Waals surface area (Å²) in [5.74, 6) is 1.69. The maximum atomic E-state index is 9.23. The van der Waals surface area contributed by atoms with Crippen molar-refractivity contribution in [2.75, 3.05) is 5.32 Å². The van der Waals surface area contributed by atoms with Crippen LogP contribution in [0.2, 0.25) is 0 Å². The fourth-order valence-electron chi connectivity index (χ4n) is 2.81. The minimum atomic E-state index is 0.413. The molecule has 0 radical (unpaired) electrons. The molecule has 2 aliphatic carbocycles. The number of nitriles is 1. The average molecular weight is 241 g/mol. The summed E-state index contributed by atoms with van der Waals surface area (Å²) in [6.45, 7) is 2.19. The molecular formula is C15H19N3. The maximum absolute atomic E-state index is 9.23. The van der Waals surface area contributed by atoms with E-state index >= 15 is 0 Å². The molecule has 1 N–H and O–H groups in total. The van der Waals surface area contributed by atoms with E-state index in [0.717, 1.165) is 24.6 Å². The minimum Gasteiger partial charge on any atom is -0.367 e. The quantitative estimate of drug-likeness (QED) is 0.881. The van der Waals surface area contributed by atoms with Crippen molar-refractivity contribution in [3.05, 3.63) is 22.9 Å². The minimum absolute atomic E-state index is 0.413. The van der Waals surface area contributed by atoms with Crippen LogP contribution in [0.4, 0.5) is 5.82 Å². The van der Waals surface area contributed by atoms with Gasteiger partial charge in [0.15, 0.2) is 0 Å². The molecule has 1 heterocycles. The highest BCUT2D eigenvalue weighted by atomic mass is 15.0. The van der Waals surface area contributed by atoms with Gasteiger partial charge in [-0.1, -0.05) is 12.8 Å². The van der Waals surface area contributed by atoms with E-state index < -0.39 is 0 Å². The molecule has 1 atom stereocenters. The van der Waals surface area contributed by atoms with Gasteiger partial charge in [-0.05, 0) is 50.2 Å². The Labute approximate surface area is 108 Å². The van der Waals surface area contributed by atoms with Gasteiger partial charge in [0.25, 0.3) is 0 Å². The molecule has 1 saturated carbocycles. The van der Waals surface area contributed by atoms with Crippen molar-refractivity contribution < 1.29 is 0 Å². The lowest BCUT2D eigenvalue weighted by Gasteiger charge is -2.16. The maximum Gasteiger partial charge on any atom is 0.144 e. The fraction of sp³-hybridized carbons (Fsp3) is 0.600. The van der Waals surface area contributed by atoms with Gasteiger partial charge in [0, 0.05) is 11.7 Å². The number of nitrogens with one attached hydrogen (secondary N) is 1. The van der Waals surface area contributed by atoms with Gasteiger partial charge in [0.2, 0.25) is 0 Å². The van der Waals surface area contributed by atoms with Crippen molar-refractivity contribution in [1.29, 1.82) is 5.26 Å². The van der Waals surface area contributed by atoms with Crippen molar-refractivity contribution in [2.24, 2.45) is 5.92 Å². The Hall–Kier alpha value is -1.56. The van der Waals surface area contributed by atoms with Crippen LogP contribution < -0.4 is 5.32 Å². The smallest absolute Gasteiger partial charge is 0.144 e. The van der Waals surface area contributed by atoms with Crippen LogP contribution in [0.1, 0.15) is 49.4 Å². The zero-order valence-electron chi connectivity index (χ0n) is 10.9. The van der Waals surface area contributed by atoms with E-state index in [1.54, 1.807) is 0 Å². The van der Waals surface area contributed by atoms with Crippen LogP contribution in [0.5, 0.6) is 0 Å². The van der Waals surface area contributed by atoms with Gasteiger partial charge in [-0.15, -0.1) is 0 Å². The monoisotopic (exact) mass is 241 g/mol. The fourth-order valence-corrected chi connectivity index (χ4v) is 2.81. The first-order valence-electron chi connectivity index (χ1n) is 6.95. The third kappa shape index (κ3) is 2.33. The Kier molecular flexibility index (Phi) is 2.95. The van der Waals surface area contributed by atoms with Crippen molar-refractivity contribution in [3.63, 3.8) is 0 Å². The van der Waals surface area contributed by atoms with Crippen molar-refractivity contribution in [2.45, 2.75) is 51.5 Å². The summed E-state index contributed by atoms with van der Waals surface area (Å²) in [6.07, 6.45) is 7.25. The third-order valence-electron chi connectivity index (χ3n) is 3.94. The van der Waals surface area contributed by atoms with E-state index in [0.29, 0.717) is 11.6 Å². The average Bonchev–Trinajstić information content (AvgIpc) is 3.04. The Morgan fingerprint density at radius 3 is 3.06 bits per heavy atom. The van der Waals surface area contributed by atoms with Gasteiger partial charge in [-0.2, -0.15) is 5.26 Å². The Bertz CT molecular complexity index is 497. The molecule has 2 aliphatic rings. The van der Waals surface area contributed by atoms with Crippen LogP contribution in [0.3, 0.4) is 0 Å². The zero-order chi connectivity index (χ0) is 12.5. The second-order valence-corrected chi connectivity index (χ2v) is 5.68. The normalized spacial score (nSPS) is 19.1. The van der Waals surface area contributed by atoms with E-state index in [-0.39, 0.29) is 0 Å². The van der Waals surface area contributed by atoms with E-state index in [4.69, 9.17) is 0 Å². The Morgan fingerprint density at radius 1 is 1.50 bits per heavy atom. The number of hydrogen-bond donors (Lipinski definition) is 1. The topological polar surface area (TPSA) is 48.7 Å². The molecular weight excluding hydrogens is 222 g/mol. The predicted octanol–water partition coefficient (Wildman–Crippen LogP) is 3.04. The number of pyridine rings is 1. The Morgan fingerprint density at radius 2 is 2.33 bits per heavy atom. The summed E-state index contributed by atoms with van der Waals surface area (Å²) >= 11 is 0. The molecule has 0 bridgehead atoms. The van der Waals surface area contributed by atoms with Gasteiger partial charge in [-0.25, -0.2) is 4.98 Å². The molecule has 0 aliphatic heterocycles. The molecule has 3 rings (SSSR count). The van der Waals surface area contributed by atoms with Crippen LogP contribution in [0, 0.1) is 17.2 Å². The first-order valence-corrected chi connectivity index (χ1v) is 6.95. The number of hydrogen-bond acceptors (Lipinski definition) is 3. The SMILES string of the molecule is CC(CC1CC1)Nc1nc2c(cc1C#N)CCC2. The zero-order valence-corrected chi connectivity index (χ0v) is 10.9. The number of rotatable bonds is 4. The lowest BCUT2D eigenvalue weighted by Crippen LogP contribution is -2.18. The largest absolute Gasteiger partial charge is 0.367 e. The Balaban J connectivity index is 1.79. The molecule has 94 valence electrons. The molecule has 0 amide bonds. The standard InChI is InChI=1S/C15H19N3/c1-10(7-11-5-6-11)17-15-13(9-16)8-12-3-2-4-14(12)18-15/h8,10-11H,2-7H2,1H3,(H,17,18). The summed E-state index contributed by atoms with van der Waals surface area (Å²) < 4.78 is 0. The van der Waals surface area contributed by atoms with Crippen molar-refractivity contribution >= 4 is 5.82 Å². The highest BCUT2D eigenvalue weighted by Crippen LogP contribution is 2.34. The summed E-state index contributed by atoms with van der Waals surface area (Å²) in [6, 6.07) is 4.72. The van der Waals surface area contributed by atoms with Crippen LogP contribution in [-0.4, -0.2) is 11.0 Å². The number of aryl methyl sites for hydroxylation is 2. The lowest BCUT2D eigenvalue weighted by atomic mass is 10.1. The molecule has 18 heavy (non-hydrogen) atoms. The number of aromatic nitrogens is 1. The van der Waals surface area contributed by atoms with E-state index in [1.807, 2.05) is 6.07 Å². The van der Waals surface area contributed by atoms with E-state index in [2.05, 4.69) is 23.3 Å². The van der Waals surface area contributed by atoms with Gasteiger partial charge in [0.1, 0.15) is 11.9 Å².